The first-order chi connectivity index (χ1) is 13.1. The van der Waals surface area contributed by atoms with Gasteiger partial charge in [0.2, 0.25) is 5.78 Å². The van der Waals surface area contributed by atoms with Gasteiger partial charge in [-0.25, -0.2) is 0 Å². The van der Waals surface area contributed by atoms with E-state index in [9.17, 15) is 20.1 Å². The van der Waals surface area contributed by atoms with Crippen molar-refractivity contribution in [3.05, 3.63) is 64.2 Å². The van der Waals surface area contributed by atoms with E-state index < -0.39 is 17.5 Å². The van der Waals surface area contributed by atoms with Crippen molar-refractivity contribution >= 4 is 5.78 Å². The van der Waals surface area contributed by atoms with Crippen LogP contribution in [0.2, 0.25) is 0 Å². The molecule has 0 fully saturated rings. The fraction of sp³-hybridized carbons (Fsp3) is 0.348. The van der Waals surface area contributed by atoms with Crippen molar-refractivity contribution in [2.75, 3.05) is 0 Å². The number of allylic oxidation sites excluding steroid dienone is 2. The summed E-state index contributed by atoms with van der Waals surface area (Å²) in [5, 5.41) is 32.1. The Hall–Kier alpha value is -2.79. The fourth-order valence-corrected chi connectivity index (χ4v) is 3.35. The average molecular weight is 382 g/mol. The first kappa shape index (κ1) is 20.0. The molecule has 0 saturated heterocycles. The van der Waals surface area contributed by atoms with Crippen molar-refractivity contribution in [2.24, 2.45) is 0 Å². The van der Waals surface area contributed by atoms with E-state index >= 15 is 0 Å². The Kier molecular flexibility index (Phi) is 5.22. The third kappa shape index (κ3) is 3.62. The van der Waals surface area contributed by atoms with Gasteiger partial charge in [0.15, 0.2) is 0 Å². The van der Waals surface area contributed by atoms with Gasteiger partial charge in [-0.2, -0.15) is 0 Å². The van der Waals surface area contributed by atoms with E-state index in [1.165, 1.54) is 0 Å². The largest absolute Gasteiger partial charge is 0.507 e. The van der Waals surface area contributed by atoms with E-state index in [1.807, 2.05) is 19.9 Å². The average Bonchev–Trinajstić information content (AvgIpc) is 3.08. The molecule has 2 aromatic rings. The number of fused-ring (bicyclic) bond motifs is 1. The maximum Gasteiger partial charge on any atom is 0.200 e. The van der Waals surface area contributed by atoms with Crippen LogP contribution in [0, 0.1) is 0 Å². The monoisotopic (exact) mass is 382 g/mol. The number of phenolic OH excluding ortho intramolecular Hbond substituents is 2. The summed E-state index contributed by atoms with van der Waals surface area (Å²) in [5.41, 5.74) is 1.05. The van der Waals surface area contributed by atoms with Crippen molar-refractivity contribution < 1.29 is 24.9 Å². The molecule has 0 saturated carbocycles. The number of ether oxygens (including phenoxy) is 1. The Morgan fingerprint density at radius 1 is 1.18 bits per heavy atom. The van der Waals surface area contributed by atoms with Crippen LogP contribution in [0.25, 0.3) is 0 Å². The molecule has 2 aromatic carbocycles. The summed E-state index contributed by atoms with van der Waals surface area (Å²) in [4.78, 5) is 13.0. The minimum atomic E-state index is -1.14. The van der Waals surface area contributed by atoms with E-state index in [0.29, 0.717) is 28.9 Å². The lowest BCUT2D eigenvalue weighted by Crippen LogP contribution is -2.39. The highest BCUT2D eigenvalue weighted by Crippen LogP contribution is 2.49. The lowest BCUT2D eigenvalue weighted by molar-refractivity contribution is -0.0232. The number of hydrogen-bond donors (Lipinski definition) is 3. The molecule has 0 radical (unpaired) electrons. The van der Waals surface area contributed by atoms with Gasteiger partial charge >= 0.3 is 0 Å². The Bertz CT molecular complexity index is 932. The number of aliphatic hydroxyl groups is 1. The molecule has 0 amide bonds. The van der Waals surface area contributed by atoms with Gasteiger partial charge in [-0.15, -0.1) is 0 Å². The molecule has 0 bridgehead atoms. The number of carbonyl (C=O) groups is 1. The molecular formula is C23H26O5. The van der Waals surface area contributed by atoms with Gasteiger partial charge in [0.05, 0.1) is 5.60 Å². The van der Waals surface area contributed by atoms with E-state index in [-0.39, 0.29) is 23.5 Å². The van der Waals surface area contributed by atoms with Crippen LogP contribution in [0.5, 0.6) is 17.2 Å². The van der Waals surface area contributed by atoms with Gasteiger partial charge < -0.3 is 20.1 Å². The smallest absolute Gasteiger partial charge is 0.200 e. The summed E-state index contributed by atoms with van der Waals surface area (Å²) in [6.45, 7) is 7.14. The summed E-state index contributed by atoms with van der Waals surface area (Å²) < 4.78 is 5.93. The topological polar surface area (TPSA) is 87.0 Å². The van der Waals surface area contributed by atoms with Gasteiger partial charge in [0, 0.05) is 23.1 Å². The number of phenols is 2. The molecule has 0 aliphatic carbocycles. The fourth-order valence-electron chi connectivity index (χ4n) is 3.35. The molecule has 0 spiro atoms. The molecule has 0 aromatic heterocycles. The molecule has 28 heavy (non-hydrogen) atoms. The van der Waals surface area contributed by atoms with Crippen LogP contribution in [0.4, 0.5) is 0 Å². The summed E-state index contributed by atoms with van der Waals surface area (Å²) >= 11 is 0. The first-order valence-electron chi connectivity index (χ1n) is 9.33. The minimum absolute atomic E-state index is 0.123. The third-order valence-electron chi connectivity index (χ3n) is 5.01. The Balaban J connectivity index is 2.19. The van der Waals surface area contributed by atoms with Gasteiger partial charge in [-0.05, 0) is 34.1 Å². The lowest BCUT2D eigenvalue weighted by atomic mass is 9.91. The van der Waals surface area contributed by atoms with E-state index in [1.54, 1.807) is 44.2 Å². The second kappa shape index (κ2) is 7.32. The Morgan fingerprint density at radius 2 is 1.82 bits per heavy atom. The number of rotatable bonds is 5. The second-order valence-corrected chi connectivity index (χ2v) is 8.00. The quantitative estimate of drug-likeness (QED) is 0.539. The van der Waals surface area contributed by atoms with Crippen molar-refractivity contribution in [1.29, 1.82) is 0 Å². The van der Waals surface area contributed by atoms with Crippen LogP contribution in [-0.2, 0) is 12.8 Å². The standard InChI is InChI=1S/C23H26O5/c1-13(2)10-11-15-20(25)18(19(24)14-8-6-5-7-9-14)21(26)16-12-17(23(3,4)27)28-22(15)16/h5-10,17,25-27H,11-12H2,1-4H3. The molecule has 1 heterocycles. The van der Waals surface area contributed by atoms with Crippen LogP contribution >= 0.6 is 0 Å². The summed E-state index contributed by atoms with van der Waals surface area (Å²) in [6, 6.07) is 8.53. The van der Waals surface area contributed by atoms with Gasteiger partial charge in [0.1, 0.15) is 28.9 Å². The molecule has 5 heteroatoms. The maximum absolute atomic E-state index is 13.0. The van der Waals surface area contributed by atoms with Crippen LogP contribution in [0.3, 0.4) is 0 Å². The maximum atomic E-state index is 13.0. The number of benzene rings is 2. The lowest BCUT2D eigenvalue weighted by Gasteiger charge is -2.25. The van der Waals surface area contributed by atoms with Crippen LogP contribution < -0.4 is 4.74 Å². The molecule has 1 atom stereocenters. The zero-order valence-electron chi connectivity index (χ0n) is 16.6. The first-order valence-corrected chi connectivity index (χ1v) is 9.33. The summed E-state index contributed by atoms with van der Waals surface area (Å²) in [6.07, 6.45) is 1.94. The SMILES string of the molecule is CC(C)=CCc1c(O)c(C(=O)c2ccccc2)c(O)c2c1OC(C(C)(C)O)C2. The van der Waals surface area contributed by atoms with Crippen LogP contribution in [0.15, 0.2) is 42.0 Å². The number of hydrogen-bond acceptors (Lipinski definition) is 5. The highest BCUT2D eigenvalue weighted by atomic mass is 16.5. The van der Waals surface area contributed by atoms with Crippen LogP contribution in [-0.4, -0.2) is 32.8 Å². The number of carbonyl (C=O) groups excluding carboxylic acids is 1. The van der Waals surface area contributed by atoms with E-state index in [0.717, 1.165) is 5.57 Å². The third-order valence-corrected chi connectivity index (χ3v) is 5.01. The zero-order valence-corrected chi connectivity index (χ0v) is 16.6. The number of aromatic hydroxyl groups is 2. The highest BCUT2D eigenvalue weighted by Gasteiger charge is 2.40. The predicted molar refractivity (Wildman–Crippen MR) is 107 cm³/mol. The van der Waals surface area contributed by atoms with Crippen molar-refractivity contribution in [2.45, 2.75) is 52.2 Å². The second-order valence-electron chi connectivity index (χ2n) is 8.00. The Labute approximate surface area is 164 Å². The Morgan fingerprint density at radius 3 is 2.39 bits per heavy atom. The van der Waals surface area contributed by atoms with Gasteiger partial charge in [-0.1, -0.05) is 42.0 Å². The normalized spacial score (nSPS) is 15.7. The predicted octanol–water partition coefficient (Wildman–Crippen LogP) is 3.91. The van der Waals surface area contributed by atoms with Crippen molar-refractivity contribution in [3.8, 4) is 17.2 Å². The van der Waals surface area contributed by atoms with Crippen molar-refractivity contribution in [3.63, 3.8) is 0 Å². The molecule has 3 rings (SSSR count). The van der Waals surface area contributed by atoms with E-state index in [4.69, 9.17) is 4.74 Å². The van der Waals surface area contributed by atoms with Gasteiger partial charge in [-0.3, -0.25) is 4.79 Å². The van der Waals surface area contributed by atoms with Crippen molar-refractivity contribution in [1.82, 2.24) is 0 Å². The van der Waals surface area contributed by atoms with E-state index in [2.05, 4.69) is 0 Å². The minimum Gasteiger partial charge on any atom is -0.507 e. The summed E-state index contributed by atoms with van der Waals surface area (Å²) in [5.74, 6) is -0.666. The van der Waals surface area contributed by atoms with Gasteiger partial charge in [0.25, 0.3) is 0 Å². The van der Waals surface area contributed by atoms with Crippen LogP contribution in [0.1, 0.15) is 54.7 Å². The molecule has 3 N–H and O–H groups in total. The zero-order chi connectivity index (χ0) is 20.6. The molecule has 1 aliphatic heterocycles. The molecule has 1 unspecified atom stereocenters. The number of ketones is 1. The molecule has 5 nitrogen and oxygen atoms in total. The highest BCUT2D eigenvalue weighted by molar-refractivity contribution is 6.13. The summed E-state index contributed by atoms with van der Waals surface area (Å²) in [7, 11) is 0. The molecule has 1 aliphatic rings. The molecular weight excluding hydrogens is 356 g/mol. The molecule has 148 valence electrons.